The molecule has 16 heteroatoms. The van der Waals surface area contributed by atoms with Crippen molar-refractivity contribution in [2.24, 2.45) is 0 Å². The van der Waals surface area contributed by atoms with E-state index in [-0.39, 0.29) is 35.1 Å². The molecule has 1 amide bonds. The first-order valence-electron chi connectivity index (χ1n) is 10.8. The van der Waals surface area contributed by atoms with E-state index in [9.17, 15) is 30.4 Å². The summed E-state index contributed by atoms with van der Waals surface area (Å²) in [6, 6.07) is 3.24. The summed E-state index contributed by atoms with van der Waals surface area (Å²) in [4.78, 5) is 11.9. The third-order valence-corrected chi connectivity index (χ3v) is 7.62. The number of nitrogens with one attached hydrogen (secondary N) is 3. The zero-order valence-electron chi connectivity index (χ0n) is 20.3. The van der Waals surface area contributed by atoms with Gasteiger partial charge in [-0.25, -0.2) is 31.8 Å². The average molecular weight is 554 g/mol. The molecule has 0 saturated heterocycles. The molecule has 12 nitrogen and oxygen atoms in total. The van der Waals surface area contributed by atoms with Crippen molar-refractivity contribution in [2.45, 2.75) is 52.0 Å². The Kier molecular flexibility index (Phi) is 7.74. The highest BCUT2D eigenvalue weighted by atomic mass is 32.2. The quantitative estimate of drug-likeness (QED) is 0.430. The normalized spacial score (nSPS) is 20.6. The van der Waals surface area contributed by atoms with Gasteiger partial charge in [-0.2, -0.15) is 8.78 Å². The first-order chi connectivity index (χ1) is 16.5. The van der Waals surface area contributed by atoms with Crippen molar-refractivity contribution in [2.75, 3.05) is 29.0 Å². The van der Waals surface area contributed by atoms with E-state index in [4.69, 9.17) is 9.47 Å². The van der Waals surface area contributed by atoms with E-state index >= 15 is 0 Å². The number of amides is 1. The number of fused-ring (bicyclic) bond motifs is 1. The molecule has 0 aliphatic carbocycles. The molecule has 1 aromatic rings. The molecule has 3 rings (SSSR count). The molecule has 202 valence electrons. The second-order valence-electron chi connectivity index (χ2n) is 9.27. The highest BCUT2D eigenvalue weighted by Crippen LogP contribution is 2.40. The number of sulfonamides is 2. The Morgan fingerprint density at radius 1 is 1.28 bits per heavy atom. The molecule has 2 aliphatic heterocycles. The zero-order valence-corrected chi connectivity index (χ0v) is 21.9. The molecule has 0 bridgehead atoms. The summed E-state index contributed by atoms with van der Waals surface area (Å²) in [6.45, 7) is 2.91. The van der Waals surface area contributed by atoms with E-state index < -0.39 is 50.4 Å². The summed E-state index contributed by atoms with van der Waals surface area (Å²) in [5.74, 6) is 0.0878. The number of halogens is 2. The molecular weight excluding hydrogens is 524 g/mol. The van der Waals surface area contributed by atoms with Crippen molar-refractivity contribution in [1.82, 2.24) is 15.2 Å². The number of hydrazine groups is 1. The molecule has 1 unspecified atom stereocenters. The Morgan fingerprint density at radius 3 is 2.50 bits per heavy atom. The van der Waals surface area contributed by atoms with Crippen molar-refractivity contribution in [3.8, 4) is 5.75 Å². The number of hydrogen-bond donors (Lipinski definition) is 3. The topological polar surface area (TPSA) is 146 Å². The predicted molar refractivity (Wildman–Crippen MR) is 128 cm³/mol. The van der Waals surface area contributed by atoms with Gasteiger partial charge in [0.25, 0.3) is 10.0 Å². The fraction of sp³-hybridized carbons (Fsp3) is 0.550. The van der Waals surface area contributed by atoms with E-state index in [1.165, 1.54) is 25.1 Å². The molecule has 36 heavy (non-hydrogen) atoms. The number of benzene rings is 1. The third-order valence-electron chi connectivity index (χ3n) is 4.94. The molecule has 0 saturated carbocycles. The van der Waals surface area contributed by atoms with E-state index in [1.54, 1.807) is 20.8 Å². The van der Waals surface area contributed by atoms with Crippen molar-refractivity contribution in [3.63, 3.8) is 0 Å². The van der Waals surface area contributed by atoms with Gasteiger partial charge in [-0.3, -0.25) is 14.6 Å². The molecule has 0 fully saturated rings. The van der Waals surface area contributed by atoms with Crippen LogP contribution in [-0.2, 0) is 24.8 Å². The summed E-state index contributed by atoms with van der Waals surface area (Å²) in [6.07, 6.45) is 0.0605. The molecule has 0 aromatic heterocycles. The molecule has 0 spiro atoms. The van der Waals surface area contributed by atoms with Crippen LogP contribution in [0.5, 0.6) is 5.75 Å². The maximum atomic E-state index is 13.6. The first kappa shape index (κ1) is 27.9. The number of rotatable bonds is 7. The number of carbonyl (C=O) groups excluding carboxylic acids is 1. The smallest absolute Gasteiger partial charge is 0.412 e. The number of hydrogen-bond acceptors (Lipinski definition) is 9. The molecule has 1 aromatic carbocycles. The number of alkyl halides is 2. The van der Waals surface area contributed by atoms with E-state index in [0.717, 1.165) is 16.8 Å². The van der Waals surface area contributed by atoms with Gasteiger partial charge in [0.1, 0.15) is 22.4 Å². The minimum atomic E-state index is -4.40. The number of nitrogens with zero attached hydrogens (tertiary/aromatic N) is 2. The number of anilines is 2. The van der Waals surface area contributed by atoms with Crippen LogP contribution in [0.25, 0.3) is 0 Å². The lowest BCUT2D eigenvalue weighted by molar-refractivity contribution is -0.0219. The van der Waals surface area contributed by atoms with Gasteiger partial charge in [-0.05, 0) is 45.9 Å². The van der Waals surface area contributed by atoms with Gasteiger partial charge in [-0.15, -0.1) is 0 Å². The lowest BCUT2D eigenvalue weighted by Gasteiger charge is -2.36. The molecule has 2 aliphatic rings. The standard InChI is InChI=1S/C20H29F2N5O7S2/c1-12-17(11-26(25-12)18(21)22)36(31,32)27-10-14(9-23-35(5,29)30)33-16-7-6-13(8-15(16)27)24-19(28)34-20(2,3)4/h6-8,11-12,14,18,23,25H,9-10H2,1-5H3,(H,24,28)/t12?,14-/m0/s1. The zero-order chi connectivity index (χ0) is 27.1. The molecule has 2 atom stereocenters. The molecule has 0 radical (unpaired) electrons. The van der Waals surface area contributed by atoms with Crippen LogP contribution in [0.3, 0.4) is 0 Å². The van der Waals surface area contributed by atoms with Crippen LogP contribution in [0.15, 0.2) is 29.3 Å². The SMILES string of the molecule is CC1NN(C(F)F)C=C1S(=O)(=O)N1C[C@H](CNS(C)(=O)=O)Oc2ccc(NC(=O)OC(C)(C)C)cc21. The van der Waals surface area contributed by atoms with Crippen LogP contribution < -0.4 is 24.5 Å². The summed E-state index contributed by atoms with van der Waals surface area (Å²) in [5, 5.41) is 2.90. The number of ether oxygens (including phenoxy) is 2. The van der Waals surface area contributed by atoms with Crippen LogP contribution in [-0.4, -0.2) is 71.6 Å². The second-order valence-corrected chi connectivity index (χ2v) is 13.0. The first-order valence-corrected chi connectivity index (χ1v) is 14.1. The molecule has 2 heterocycles. The van der Waals surface area contributed by atoms with Gasteiger partial charge in [0.15, 0.2) is 0 Å². The van der Waals surface area contributed by atoms with Gasteiger partial charge in [-0.1, -0.05) is 0 Å². The summed E-state index contributed by atoms with van der Waals surface area (Å²) in [5.41, 5.74) is 1.83. The van der Waals surface area contributed by atoms with Crippen LogP contribution in [0.1, 0.15) is 27.7 Å². The molecule has 3 N–H and O–H groups in total. The highest BCUT2D eigenvalue weighted by Gasteiger charge is 2.41. The lowest BCUT2D eigenvalue weighted by Crippen LogP contribution is -2.49. The monoisotopic (exact) mass is 553 g/mol. The van der Waals surface area contributed by atoms with Crippen molar-refractivity contribution in [1.29, 1.82) is 0 Å². The Balaban J connectivity index is 1.99. The van der Waals surface area contributed by atoms with E-state index in [0.29, 0.717) is 5.01 Å². The van der Waals surface area contributed by atoms with Gasteiger partial charge < -0.3 is 9.47 Å². The number of carbonyl (C=O) groups is 1. The maximum absolute atomic E-state index is 13.6. The summed E-state index contributed by atoms with van der Waals surface area (Å²) in [7, 11) is -8.00. The van der Waals surface area contributed by atoms with Gasteiger partial charge in [0.05, 0.1) is 24.5 Å². The molecular formula is C20H29F2N5O7S2. The lowest BCUT2D eigenvalue weighted by atomic mass is 10.2. The van der Waals surface area contributed by atoms with Crippen molar-refractivity contribution in [3.05, 3.63) is 29.3 Å². The van der Waals surface area contributed by atoms with Crippen LogP contribution in [0.2, 0.25) is 0 Å². The Bertz CT molecular complexity index is 1250. The summed E-state index contributed by atoms with van der Waals surface area (Å²) >= 11 is 0. The van der Waals surface area contributed by atoms with Crippen LogP contribution >= 0.6 is 0 Å². The van der Waals surface area contributed by atoms with Gasteiger partial charge in [0, 0.05) is 18.4 Å². The Labute approximate surface area is 208 Å². The third kappa shape index (κ3) is 6.74. The minimum absolute atomic E-state index is 0.0303. The average Bonchev–Trinajstić information content (AvgIpc) is 3.12. The second kappa shape index (κ2) is 9.99. The van der Waals surface area contributed by atoms with E-state index in [1.807, 2.05) is 0 Å². The fourth-order valence-corrected chi connectivity index (χ4v) is 5.75. The van der Waals surface area contributed by atoms with Crippen LogP contribution in [0, 0.1) is 0 Å². The fourth-order valence-electron chi connectivity index (χ4n) is 3.49. The maximum Gasteiger partial charge on any atom is 0.412 e. The predicted octanol–water partition coefficient (Wildman–Crippen LogP) is 1.75. The van der Waals surface area contributed by atoms with Gasteiger partial charge >= 0.3 is 12.6 Å². The Hall–Kier alpha value is -2.69. The highest BCUT2D eigenvalue weighted by molar-refractivity contribution is 7.96. The Morgan fingerprint density at radius 2 is 1.94 bits per heavy atom. The van der Waals surface area contributed by atoms with Gasteiger partial charge in [0.2, 0.25) is 10.0 Å². The largest absolute Gasteiger partial charge is 0.485 e. The van der Waals surface area contributed by atoms with Crippen molar-refractivity contribution >= 4 is 37.5 Å². The van der Waals surface area contributed by atoms with Crippen molar-refractivity contribution < 1.29 is 39.9 Å². The van der Waals surface area contributed by atoms with E-state index in [2.05, 4.69) is 15.5 Å². The van der Waals surface area contributed by atoms with Crippen LogP contribution in [0.4, 0.5) is 25.0 Å². The summed E-state index contributed by atoms with van der Waals surface area (Å²) < 4.78 is 91.0. The minimum Gasteiger partial charge on any atom is -0.485 e.